The largest absolute Gasteiger partial charge is 0.468 e. The van der Waals surface area contributed by atoms with Crippen LogP contribution in [0.1, 0.15) is 17.2 Å². The predicted molar refractivity (Wildman–Crippen MR) is 55.4 cm³/mol. The average Bonchev–Trinajstić information content (AvgIpc) is 2.29. The molecule has 0 aliphatic rings. The van der Waals surface area contributed by atoms with Gasteiger partial charge in [0, 0.05) is 5.56 Å². The number of esters is 1. The van der Waals surface area contributed by atoms with E-state index in [0.29, 0.717) is 6.07 Å². The number of benzene rings is 1. The molecule has 0 saturated carbocycles. The molecule has 0 heterocycles. The van der Waals surface area contributed by atoms with Crippen LogP contribution < -0.4 is 5.73 Å². The van der Waals surface area contributed by atoms with Crippen molar-refractivity contribution in [3.63, 3.8) is 0 Å². The standard InChI is InChI=1S/C10H8ClF4NO2/c1-18-9(17)8(16)6-4(10(13,14)15)2-3-5(11)7(6)12/h2-3,8H,16H2,1H3/t8-/m1/s1. The van der Waals surface area contributed by atoms with Crippen molar-refractivity contribution < 1.29 is 27.1 Å². The Morgan fingerprint density at radius 2 is 2.00 bits per heavy atom. The highest BCUT2D eigenvalue weighted by Crippen LogP contribution is 2.37. The van der Waals surface area contributed by atoms with E-state index >= 15 is 0 Å². The zero-order chi connectivity index (χ0) is 14.1. The molecule has 3 nitrogen and oxygen atoms in total. The second-order valence-corrected chi connectivity index (χ2v) is 3.73. The zero-order valence-electron chi connectivity index (χ0n) is 9.02. The number of rotatable bonds is 2. The van der Waals surface area contributed by atoms with Gasteiger partial charge in [0.25, 0.3) is 0 Å². The van der Waals surface area contributed by atoms with Gasteiger partial charge in [-0.1, -0.05) is 11.6 Å². The molecular weight excluding hydrogens is 278 g/mol. The minimum Gasteiger partial charge on any atom is -0.468 e. The van der Waals surface area contributed by atoms with Crippen LogP contribution in [0.5, 0.6) is 0 Å². The molecule has 0 fully saturated rings. The van der Waals surface area contributed by atoms with Crippen LogP contribution >= 0.6 is 11.6 Å². The number of carbonyl (C=O) groups excluding carboxylic acids is 1. The van der Waals surface area contributed by atoms with E-state index in [2.05, 4.69) is 4.74 Å². The summed E-state index contributed by atoms with van der Waals surface area (Å²) in [6, 6.07) is -0.596. The quantitative estimate of drug-likeness (QED) is 0.671. The summed E-state index contributed by atoms with van der Waals surface area (Å²) >= 11 is 5.38. The Morgan fingerprint density at radius 3 is 2.44 bits per heavy atom. The monoisotopic (exact) mass is 285 g/mol. The van der Waals surface area contributed by atoms with Crippen LogP contribution in [0.25, 0.3) is 0 Å². The van der Waals surface area contributed by atoms with Crippen molar-refractivity contribution in [3.05, 3.63) is 34.1 Å². The van der Waals surface area contributed by atoms with Gasteiger partial charge in [-0.2, -0.15) is 13.2 Å². The van der Waals surface area contributed by atoms with Gasteiger partial charge in [-0.3, -0.25) is 4.79 Å². The number of halogens is 5. The highest BCUT2D eigenvalue weighted by molar-refractivity contribution is 6.30. The number of nitrogens with two attached hydrogens (primary N) is 1. The maximum Gasteiger partial charge on any atom is 0.416 e. The normalized spacial score (nSPS) is 13.3. The summed E-state index contributed by atoms with van der Waals surface area (Å²) in [5.74, 6) is -2.58. The van der Waals surface area contributed by atoms with Crippen molar-refractivity contribution in [1.29, 1.82) is 0 Å². The van der Waals surface area contributed by atoms with E-state index in [1.807, 2.05) is 0 Å². The molecule has 100 valence electrons. The van der Waals surface area contributed by atoms with Gasteiger partial charge in [0.2, 0.25) is 0 Å². The first-order valence-corrected chi connectivity index (χ1v) is 4.96. The summed E-state index contributed by atoms with van der Waals surface area (Å²) in [7, 11) is 0.928. The summed E-state index contributed by atoms with van der Waals surface area (Å²) in [6.07, 6.45) is -4.85. The van der Waals surface area contributed by atoms with E-state index < -0.39 is 40.2 Å². The number of methoxy groups -OCH3 is 1. The minimum absolute atomic E-state index is 0.558. The first-order chi connectivity index (χ1) is 8.20. The Morgan fingerprint density at radius 1 is 1.44 bits per heavy atom. The van der Waals surface area contributed by atoms with Crippen molar-refractivity contribution >= 4 is 17.6 Å². The molecule has 0 saturated heterocycles. The van der Waals surface area contributed by atoms with Crippen LogP contribution in [0.3, 0.4) is 0 Å². The summed E-state index contributed by atoms with van der Waals surface area (Å²) < 4.78 is 55.8. The van der Waals surface area contributed by atoms with Crippen molar-refractivity contribution in [3.8, 4) is 0 Å². The molecule has 0 amide bonds. The molecule has 18 heavy (non-hydrogen) atoms. The molecule has 0 spiro atoms. The van der Waals surface area contributed by atoms with Crippen LogP contribution in [0.4, 0.5) is 17.6 Å². The van der Waals surface area contributed by atoms with Gasteiger partial charge in [0.05, 0.1) is 17.7 Å². The fraction of sp³-hybridized carbons (Fsp3) is 0.300. The maximum absolute atomic E-state index is 13.6. The summed E-state index contributed by atoms with van der Waals surface area (Å²) in [5.41, 5.74) is 2.86. The van der Waals surface area contributed by atoms with Gasteiger partial charge in [0.15, 0.2) is 0 Å². The minimum atomic E-state index is -4.85. The lowest BCUT2D eigenvalue weighted by Gasteiger charge is -2.18. The van der Waals surface area contributed by atoms with E-state index in [0.717, 1.165) is 13.2 Å². The highest BCUT2D eigenvalue weighted by Gasteiger charge is 2.38. The lowest BCUT2D eigenvalue weighted by atomic mass is 9.99. The third-order valence-corrected chi connectivity index (χ3v) is 2.50. The molecule has 2 N–H and O–H groups in total. The fourth-order valence-corrected chi connectivity index (χ4v) is 1.53. The predicted octanol–water partition coefficient (Wildman–Crippen LogP) is 2.67. The maximum atomic E-state index is 13.6. The van der Waals surface area contributed by atoms with Gasteiger partial charge in [-0.15, -0.1) is 0 Å². The summed E-state index contributed by atoms with van der Waals surface area (Å²) in [4.78, 5) is 11.1. The van der Waals surface area contributed by atoms with Crippen LogP contribution in [-0.2, 0) is 15.7 Å². The van der Waals surface area contributed by atoms with Crippen LogP contribution in [0, 0.1) is 5.82 Å². The van der Waals surface area contributed by atoms with Crippen molar-refractivity contribution in [2.24, 2.45) is 5.73 Å². The highest BCUT2D eigenvalue weighted by atomic mass is 35.5. The van der Waals surface area contributed by atoms with Gasteiger partial charge >= 0.3 is 12.1 Å². The zero-order valence-corrected chi connectivity index (χ0v) is 9.77. The van der Waals surface area contributed by atoms with Crippen molar-refractivity contribution in [1.82, 2.24) is 0 Å². The average molecular weight is 286 g/mol. The first-order valence-electron chi connectivity index (χ1n) is 4.58. The molecule has 0 aliphatic heterocycles. The molecule has 1 rings (SSSR count). The molecule has 1 aromatic carbocycles. The summed E-state index contributed by atoms with van der Waals surface area (Å²) in [5, 5.41) is -0.558. The number of hydrogen-bond donors (Lipinski definition) is 1. The van der Waals surface area contributed by atoms with E-state index in [9.17, 15) is 22.4 Å². The Balaban J connectivity index is 3.48. The molecular formula is C10H8ClF4NO2. The number of ether oxygens (including phenoxy) is 1. The van der Waals surface area contributed by atoms with Crippen LogP contribution in [0.2, 0.25) is 5.02 Å². The van der Waals surface area contributed by atoms with Gasteiger partial charge in [-0.25, -0.2) is 4.39 Å². The smallest absolute Gasteiger partial charge is 0.416 e. The number of alkyl halides is 3. The topological polar surface area (TPSA) is 52.3 Å². The van der Waals surface area contributed by atoms with Crippen LogP contribution in [-0.4, -0.2) is 13.1 Å². The van der Waals surface area contributed by atoms with E-state index in [-0.39, 0.29) is 0 Å². The third-order valence-electron chi connectivity index (χ3n) is 2.20. The molecule has 0 radical (unpaired) electrons. The fourth-order valence-electron chi connectivity index (χ4n) is 1.36. The van der Waals surface area contributed by atoms with E-state index in [1.165, 1.54) is 0 Å². The number of carbonyl (C=O) groups is 1. The Kier molecular flexibility index (Phi) is 4.18. The van der Waals surface area contributed by atoms with Gasteiger partial charge in [-0.05, 0) is 12.1 Å². The Bertz CT molecular complexity index is 476. The van der Waals surface area contributed by atoms with E-state index in [4.69, 9.17) is 17.3 Å². The second kappa shape index (κ2) is 5.11. The van der Waals surface area contributed by atoms with Crippen LogP contribution in [0.15, 0.2) is 12.1 Å². The lowest BCUT2D eigenvalue weighted by Crippen LogP contribution is -2.27. The van der Waals surface area contributed by atoms with E-state index in [1.54, 1.807) is 0 Å². The van der Waals surface area contributed by atoms with Gasteiger partial charge < -0.3 is 10.5 Å². The molecule has 1 atom stereocenters. The first kappa shape index (κ1) is 14.7. The SMILES string of the molecule is COC(=O)[C@H](N)c1c(C(F)(F)F)ccc(Cl)c1F. The third kappa shape index (κ3) is 2.73. The molecule has 8 heteroatoms. The molecule has 0 aromatic heterocycles. The van der Waals surface area contributed by atoms with Crippen molar-refractivity contribution in [2.45, 2.75) is 12.2 Å². The lowest BCUT2D eigenvalue weighted by molar-refractivity contribution is -0.144. The Labute approximate surface area is 104 Å². The van der Waals surface area contributed by atoms with Crippen molar-refractivity contribution in [2.75, 3.05) is 7.11 Å². The molecule has 0 bridgehead atoms. The van der Waals surface area contributed by atoms with Gasteiger partial charge in [0.1, 0.15) is 11.9 Å². The second-order valence-electron chi connectivity index (χ2n) is 3.32. The molecule has 0 aliphatic carbocycles. The molecule has 0 unspecified atom stereocenters. The number of hydrogen-bond acceptors (Lipinski definition) is 3. The summed E-state index contributed by atoms with van der Waals surface area (Å²) in [6.45, 7) is 0. The Hall–Kier alpha value is -1.34. The molecule has 1 aromatic rings.